The lowest BCUT2D eigenvalue weighted by atomic mass is 10.1. The number of hydrogen-bond donors (Lipinski definition) is 1. The van der Waals surface area contributed by atoms with Crippen LogP contribution in [0.5, 0.6) is 0 Å². The van der Waals surface area contributed by atoms with Crippen molar-refractivity contribution in [2.75, 3.05) is 26.2 Å². The Morgan fingerprint density at radius 2 is 2.22 bits per heavy atom. The van der Waals surface area contributed by atoms with Gasteiger partial charge < -0.3 is 19.6 Å². The van der Waals surface area contributed by atoms with Crippen LogP contribution >= 0.6 is 0 Å². The zero-order valence-corrected chi connectivity index (χ0v) is 10.7. The fourth-order valence-corrected chi connectivity index (χ4v) is 2.82. The highest BCUT2D eigenvalue weighted by molar-refractivity contribution is 5.80. The van der Waals surface area contributed by atoms with Crippen molar-refractivity contribution in [3.8, 4) is 0 Å². The molecule has 2 unspecified atom stereocenters. The van der Waals surface area contributed by atoms with E-state index >= 15 is 0 Å². The van der Waals surface area contributed by atoms with Gasteiger partial charge in [0.05, 0.1) is 18.8 Å². The first-order chi connectivity index (χ1) is 8.63. The highest BCUT2D eigenvalue weighted by atomic mass is 16.5. The number of likely N-dealkylation sites (N-methyl/N-ethyl adjacent to an activating group) is 1. The van der Waals surface area contributed by atoms with Crippen LogP contribution in [0.15, 0.2) is 0 Å². The van der Waals surface area contributed by atoms with Gasteiger partial charge in [0.15, 0.2) is 0 Å². The zero-order chi connectivity index (χ0) is 13.1. The number of urea groups is 1. The van der Waals surface area contributed by atoms with Crippen LogP contribution in [-0.2, 0) is 9.53 Å². The number of rotatable bonds is 3. The number of morpholine rings is 1. The number of ether oxygens (including phenoxy) is 1. The van der Waals surface area contributed by atoms with Gasteiger partial charge in [-0.25, -0.2) is 4.79 Å². The van der Waals surface area contributed by atoms with Crippen LogP contribution in [0.25, 0.3) is 0 Å². The molecule has 6 heteroatoms. The minimum atomic E-state index is -0.971. The topological polar surface area (TPSA) is 70.1 Å². The number of amides is 2. The van der Waals surface area contributed by atoms with Crippen LogP contribution in [0.4, 0.5) is 4.79 Å². The van der Waals surface area contributed by atoms with Gasteiger partial charge in [-0.15, -0.1) is 0 Å². The molecule has 2 aliphatic rings. The SMILES string of the molecule is CCN(CC(=O)O)C(=O)N1CCOC2CCCC21. The van der Waals surface area contributed by atoms with E-state index in [4.69, 9.17) is 9.84 Å². The molecule has 0 spiro atoms. The lowest BCUT2D eigenvalue weighted by Gasteiger charge is -2.39. The van der Waals surface area contributed by atoms with Gasteiger partial charge in [-0.3, -0.25) is 4.79 Å². The van der Waals surface area contributed by atoms with Gasteiger partial charge >= 0.3 is 12.0 Å². The maximum absolute atomic E-state index is 12.3. The molecule has 0 aromatic carbocycles. The van der Waals surface area contributed by atoms with E-state index in [0.717, 1.165) is 19.3 Å². The van der Waals surface area contributed by atoms with E-state index in [2.05, 4.69) is 0 Å². The number of carboxylic acid groups (broad SMARTS) is 1. The van der Waals surface area contributed by atoms with Gasteiger partial charge in [0, 0.05) is 13.1 Å². The number of aliphatic carboxylic acids is 1. The Labute approximate surface area is 106 Å². The van der Waals surface area contributed by atoms with E-state index in [1.165, 1.54) is 4.90 Å². The van der Waals surface area contributed by atoms with E-state index in [1.807, 2.05) is 0 Å². The van der Waals surface area contributed by atoms with Gasteiger partial charge in [-0.05, 0) is 26.2 Å². The normalized spacial score (nSPS) is 26.8. The van der Waals surface area contributed by atoms with E-state index in [0.29, 0.717) is 19.7 Å². The summed E-state index contributed by atoms with van der Waals surface area (Å²) in [6, 6.07) is -0.0332. The van der Waals surface area contributed by atoms with Crippen LogP contribution < -0.4 is 0 Å². The van der Waals surface area contributed by atoms with Crippen molar-refractivity contribution in [2.24, 2.45) is 0 Å². The molecular formula is C12H20N2O4. The first kappa shape index (κ1) is 13.1. The summed E-state index contributed by atoms with van der Waals surface area (Å²) in [4.78, 5) is 26.3. The Kier molecular flexibility index (Phi) is 4.06. The van der Waals surface area contributed by atoms with Gasteiger partial charge in [0.1, 0.15) is 6.54 Å². The van der Waals surface area contributed by atoms with Crippen LogP contribution in [0.2, 0.25) is 0 Å². The predicted octanol–water partition coefficient (Wildman–Crippen LogP) is 0.766. The second kappa shape index (κ2) is 5.56. The monoisotopic (exact) mass is 256 g/mol. The fourth-order valence-electron chi connectivity index (χ4n) is 2.82. The number of carboxylic acids is 1. The van der Waals surface area contributed by atoms with E-state index in [9.17, 15) is 9.59 Å². The summed E-state index contributed by atoms with van der Waals surface area (Å²) >= 11 is 0. The summed E-state index contributed by atoms with van der Waals surface area (Å²) < 4.78 is 5.65. The summed E-state index contributed by atoms with van der Waals surface area (Å²) in [5.74, 6) is -0.971. The predicted molar refractivity (Wildman–Crippen MR) is 64.4 cm³/mol. The molecule has 2 atom stereocenters. The van der Waals surface area contributed by atoms with Crippen molar-refractivity contribution in [1.29, 1.82) is 0 Å². The third-order valence-electron chi connectivity index (χ3n) is 3.71. The summed E-state index contributed by atoms with van der Waals surface area (Å²) in [6.45, 7) is 3.10. The number of hydrogen-bond acceptors (Lipinski definition) is 3. The lowest BCUT2D eigenvalue weighted by molar-refractivity contribution is -0.137. The number of fused-ring (bicyclic) bond motifs is 1. The standard InChI is InChI=1S/C12H20N2O4/c1-2-13(8-11(15)16)12(17)14-6-7-18-10-5-3-4-9(10)14/h9-10H,2-8H2,1H3,(H,15,16). The van der Waals surface area contributed by atoms with Crippen molar-refractivity contribution >= 4 is 12.0 Å². The number of nitrogens with zero attached hydrogens (tertiary/aromatic N) is 2. The van der Waals surface area contributed by atoms with Crippen LogP contribution in [0, 0.1) is 0 Å². The van der Waals surface area contributed by atoms with Crippen molar-refractivity contribution in [1.82, 2.24) is 9.80 Å². The van der Waals surface area contributed by atoms with E-state index in [-0.39, 0.29) is 24.7 Å². The molecule has 2 rings (SSSR count). The van der Waals surface area contributed by atoms with Crippen molar-refractivity contribution in [3.05, 3.63) is 0 Å². The average molecular weight is 256 g/mol. The average Bonchev–Trinajstić information content (AvgIpc) is 2.82. The maximum Gasteiger partial charge on any atom is 0.323 e. The molecule has 1 aliphatic heterocycles. The number of carbonyl (C=O) groups excluding carboxylic acids is 1. The fraction of sp³-hybridized carbons (Fsp3) is 0.833. The molecule has 6 nitrogen and oxygen atoms in total. The highest BCUT2D eigenvalue weighted by Gasteiger charge is 2.39. The lowest BCUT2D eigenvalue weighted by Crippen LogP contribution is -2.56. The third kappa shape index (κ3) is 2.58. The Bertz CT molecular complexity index is 334. The Morgan fingerprint density at radius 3 is 2.89 bits per heavy atom. The largest absolute Gasteiger partial charge is 0.480 e. The molecular weight excluding hydrogens is 236 g/mol. The zero-order valence-electron chi connectivity index (χ0n) is 10.7. The van der Waals surface area contributed by atoms with Crippen LogP contribution in [0.1, 0.15) is 26.2 Å². The first-order valence-corrected chi connectivity index (χ1v) is 6.52. The van der Waals surface area contributed by atoms with Crippen molar-refractivity contribution < 1.29 is 19.4 Å². The molecule has 0 bridgehead atoms. The quantitative estimate of drug-likeness (QED) is 0.809. The Balaban J connectivity index is 2.04. The van der Waals surface area contributed by atoms with Gasteiger partial charge in [0.25, 0.3) is 0 Å². The first-order valence-electron chi connectivity index (χ1n) is 6.52. The second-order valence-corrected chi connectivity index (χ2v) is 4.79. The molecule has 0 aromatic rings. The minimum absolute atomic E-state index is 0.133. The second-order valence-electron chi connectivity index (χ2n) is 4.79. The van der Waals surface area contributed by atoms with Crippen molar-refractivity contribution in [3.63, 3.8) is 0 Å². The molecule has 2 fully saturated rings. The van der Waals surface area contributed by atoms with Crippen LogP contribution in [-0.4, -0.2) is 65.3 Å². The molecule has 0 aromatic heterocycles. The maximum atomic E-state index is 12.3. The highest BCUT2D eigenvalue weighted by Crippen LogP contribution is 2.30. The molecule has 1 saturated carbocycles. The van der Waals surface area contributed by atoms with Gasteiger partial charge in [-0.2, -0.15) is 0 Å². The molecule has 102 valence electrons. The van der Waals surface area contributed by atoms with Gasteiger partial charge in [0.2, 0.25) is 0 Å². The third-order valence-corrected chi connectivity index (χ3v) is 3.71. The smallest absolute Gasteiger partial charge is 0.323 e. The molecule has 0 radical (unpaired) electrons. The summed E-state index contributed by atoms with van der Waals surface area (Å²) in [5.41, 5.74) is 0. The Hall–Kier alpha value is -1.30. The molecule has 18 heavy (non-hydrogen) atoms. The summed E-state index contributed by atoms with van der Waals surface area (Å²) in [7, 11) is 0. The summed E-state index contributed by atoms with van der Waals surface area (Å²) in [5, 5.41) is 8.81. The molecule has 2 amide bonds. The van der Waals surface area contributed by atoms with E-state index in [1.54, 1.807) is 11.8 Å². The van der Waals surface area contributed by atoms with Crippen molar-refractivity contribution in [2.45, 2.75) is 38.3 Å². The molecule has 1 heterocycles. The van der Waals surface area contributed by atoms with Gasteiger partial charge in [-0.1, -0.05) is 0 Å². The molecule has 1 aliphatic carbocycles. The molecule has 1 saturated heterocycles. The Morgan fingerprint density at radius 1 is 1.44 bits per heavy atom. The van der Waals surface area contributed by atoms with E-state index < -0.39 is 5.97 Å². The summed E-state index contributed by atoms with van der Waals surface area (Å²) in [6.07, 6.45) is 3.18. The number of carbonyl (C=O) groups is 2. The molecule has 1 N–H and O–H groups in total. The van der Waals surface area contributed by atoms with Crippen LogP contribution in [0.3, 0.4) is 0 Å². The minimum Gasteiger partial charge on any atom is -0.480 e.